The maximum atomic E-state index is 9.18. The molecule has 1 atom stereocenters. The second-order valence-electron chi connectivity index (χ2n) is 3.14. The lowest BCUT2D eigenvalue weighted by Gasteiger charge is -2.23. The van der Waals surface area contributed by atoms with Gasteiger partial charge < -0.3 is 5.11 Å². The van der Waals surface area contributed by atoms with Crippen LogP contribution >= 0.6 is 0 Å². The summed E-state index contributed by atoms with van der Waals surface area (Å²) in [4.78, 5) is 0. The van der Waals surface area contributed by atoms with Gasteiger partial charge in [0.05, 0.1) is 6.10 Å². The summed E-state index contributed by atoms with van der Waals surface area (Å²) in [7, 11) is 0. The molecule has 0 bridgehead atoms. The van der Waals surface area contributed by atoms with Crippen molar-refractivity contribution < 1.29 is 5.11 Å². The van der Waals surface area contributed by atoms with Crippen LogP contribution in [0.1, 0.15) is 39.0 Å². The van der Waals surface area contributed by atoms with E-state index in [0.717, 1.165) is 0 Å². The van der Waals surface area contributed by atoms with Gasteiger partial charge in [-0.25, -0.2) is 0 Å². The van der Waals surface area contributed by atoms with E-state index in [9.17, 15) is 5.11 Å². The standard InChI is InChI=1S/C8H16O/c1-7(9)8-5-3-2-4-6-8/h7-9H,2-6H2,1H3/t7-/m1/s1. The first-order valence-electron chi connectivity index (χ1n) is 3.99. The summed E-state index contributed by atoms with van der Waals surface area (Å²) in [6.45, 7) is 1.91. The van der Waals surface area contributed by atoms with E-state index in [1.54, 1.807) is 0 Å². The van der Waals surface area contributed by atoms with Gasteiger partial charge in [-0.1, -0.05) is 19.3 Å². The van der Waals surface area contributed by atoms with Crippen LogP contribution in [0.5, 0.6) is 0 Å². The lowest BCUT2D eigenvalue weighted by atomic mass is 9.86. The van der Waals surface area contributed by atoms with Gasteiger partial charge in [0.15, 0.2) is 0 Å². The van der Waals surface area contributed by atoms with Crippen LogP contribution in [0.3, 0.4) is 0 Å². The minimum atomic E-state index is -0.0645. The molecule has 1 aliphatic rings. The first kappa shape index (κ1) is 7.07. The van der Waals surface area contributed by atoms with Gasteiger partial charge in [0.2, 0.25) is 0 Å². The molecule has 1 nitrogen and oxygen atoms in total. The highest BCUT2D eigenvalue weighted by molar-refractivity contribution is 4.69. The lowest BCUT2D eigenvalue weighted by molar-refractivity contribution is 0.101. The summed E-state index contributed by atoms with van der Waals surface area (Å²) in [5.74, 6) is 0.610. The molecule has 0 amide bonds. The van der Waals surface area contributed by atoms with E-state index in [1.807, 2.05) is 6.92 Å². The summed E-state index contributed by atoms with van der Waals surface area (Å²) in [5, 5.41) is 9.18. The predicted molar refractivity (Wildman–Crippen MR) is 38.3 cm³/mol. The van der Waals surface area contributed by atoms with Crippen molar-refractivity contribution in [2.45, 2.75) is 45.1 Å². The molecule has 0 radical (unpaired) electrons. The van der Waals surface area contributed by atoms with Crippen LogP contribution in [-0.2, 0) is 0 Å². The maximum Gasteiger partial charge on any atom is 0.0540 e. The molecule has 0 aliphatic heterocycles. The molecule has 0 aromatic carbocycles. The van der Waals surface area contributed by atoms with E-state index < -0.39 is 0 Å². The highest BCUT2D eigenvalue weighted by Gasteiger charge is 2.17. The van der Waals surface area contributed by atoms with Crippen LogP contribution < -0.4 is 0 Å². The highest BCUT2D eigenvalue weighted by Crippen LogP contribution is 2.25. The third-order valence-electron chi connectivity index (χ3n) is 2.33. The minimum Gasteiger partial charge on any atom is -0.393 e. The van der Waals surface area contributed by atoms with Crippen molar-refractivity contribution in [1.82, 2.24) is 0 Å². The third-order valence-corrected chi connectivity index (χ3v) is 2.33. The summed E-state index contributed by atoms with van der Waals surface area (Å²) in [5.41, 5.74) is 0. The normalized spacial score (nSPS) is 26.0. The van der Waals surface area contributed by atoms with Crippen LogP contribution in [0.4, 0.5) is 0 Å². The van der Waals surface area contributed by atoms with Gasteiger partial charge >= 0.3 is 0 Å². The van der Waals surface area contributed by atoms with Crippen molar-refractivity contribution in [1.29, 1.82) is 0 Å². The molecule has 0 aromatic rings. The second kappa shape index (κ2) is 3.21. The molecule has 1 N–H and O–H groups in total. The summed E-state index contributed by atoms with van der Waals surface area (Å²) in [6.07, 6.45) is 6.47. The molecule has 1 saturated carbocycles. The Morgan fingerprint density at radius 3 is 2.11 bits per heavy atom. The van der Waals surface area contributed by atoms with Crippen LogP contribution in [-0.4, -0.2) is 11.2 Å². The van der Waals surface area contributed by atoms with Gasteiger partial charge in [-0.15, -0.1) is 0 Å². The molecule has 0 saturated heterocycles. The van der Waals surface area contributed by atoms with Gasteiger partial charge in [-0.3, -0.25) is 0 Å². The van der Waals surface area contributed by atoms with E-state index in [0.29, 0.717) is 5.92 Å². The topological polar surface area (TPSA) is 20.2 Å². The Morgan fingerprint density at radius 1 is 1.22 bits per heavy atom. The van der Waals surface area contributed by atoms with E-state index in [2.05, 4.69) is 0 Å². The average molecular weight is 128 g/mol. The quantitative estimate of drug-likeness (QED) is 0.572. The van der Waals surface area contributed by atoms with Gasteiger partial charge in [0, 0.05) is 0 Å². The lowest BCUT2D eigenvalue weighted by Crippen LogP contribution is -2.19. The van der Waals surface area contributed by atoms with Crippen molar-refractivity contribution in [2.75, 3.05) is 0 Å². The van der Waals surface area contributed by atoms with Crippen molar-refractivity contribution in [3.63, 3.8) is 0 Å². The Bertz CT molecular complexity index is 72.6. The van der Waals surface area contributed by atoms with E-state index >= 15 is 0 Å². The summed E-state index contributed by atoms with van der Waals surface area (Å²) >= 11 is 0. The van der Waals surface area contributed by atoms with Crippen LogP contribution in [0.25, 0.3) is 0 Å². The van der Waals surface area contributed by atoms with Crippen LogP contribution in [0.15, 0.2) is 0 Å². The molecule has 1 fully saturated rings. The average Bonchev–Trinajstić information content (AvgIpc) is 1.90. The second-order valence-corrected chi connectivity index (χ2v) is 3.14. The predicted octanol–water partition coefficient (Wildman–Crippen LogP) is 1.95. The zero-order valence-electron chi connectivity index (χ0n) is 6.14. The zero-order chi connectivity index (χ0) is 6.69. The molecule has 0 spiro atoms. The first-order valence-corrected chi connectivity index (χ1v) is 3.99. The molecule has 1 heteroatoms. The van der Waals surface area contributed by atoms with Crippen LogP contribution in [0.2, 0.25) is 0 Å². The molecule has 0 aromatic heterocycles. The van der Waals surface area contributed by atoms with E-state index in [1.165, 1.54) is 32.1 Å². The monoisotopic (exact) mass is 128 g/mol. The molecule has 9 heavy (non-hydrogen) atoms. The van der Waals surface area contributed by atoms with Gasteiger partial charge in [0.25, 0.3) is 0 Å². The van der Waals surface area contributed by atoms with E-state index in [4.69, 9.17) is 0 Å². The van der Waals surface area contributed by atoms with E-state index in [-0.39, 0.29) is 6.10 Å². The van der Waals surface area contributed by atoms with Crippen molar-refractivity contribution in [2.24, 2.45) is 5.92 Å². The Labute approximate surface area is 57.1 Å². The number of aliphatic hydroxyl groups is 1. The minimum absolute atomic E-state index is 0.0645. The highest BCUT2D eigenvalue weighted by atomic mass is 16.3. The van der Waals surface area contributed by atoms with Gasteiger partial charge in [0.1, 0.15) is 0 Å². The molecule has 1 rings (SSSR count). The fourth-order valence-electron chi connectivity index (χ4n) is 1.62. The SMILES string of the molecule is C[C@@H](O)C1CCCCC1. The van der Waals surface area contributed by atoms with Crippen molar-refractivity contribution in [3.8, 4) is 0 Å². The first-order chi connectivity index (χ1) is 4.30. The summed E-state index contributed by atoms with van der Waals surface area (Å²) < 4.78 is 0. The number of hydrogen-bond acceptors (Lipinski definition) is 1. The van der Waals surface area contributed by atoms with Crippen molar-refractivity contribution >= 4 is 0 Å². The zero-order valence-corrected chi connectivity index (χ0v) is 6.14. The largest absolute Gasteiger partial charge is 0.393 e. The van der Waals surface area contributed by atoms with Crippen molar-refractivity contribution in [3.05, 3.63) is 0 Å². The molecule has 54 valence electrons. The number of hydrogen-bond donors (Lipinski definition) is 1. The fraction of sp³-hybridized carbons (Fsp3) is 1.00. The molecule has 0 unspecified atom stereocenters. The van der Waals surface area contributed by atoms with Gasteiger partial charge in [-0.05, 0) is 25.7 Å². The molecular weight excluding hydrogens is 112 g/mol. The number of rotatable bonds is 1. The Hall–Kier alpha value is -0.0400. The smallest absolute Gasteiger partial charge is 0.0540 e. The van der Waals surface area contributed by atoms with Crippen LogP contribution in [0, 0.1) is 5.92 Å². The molecule has 1 aliphatic carbocycles. The summed E-state index contributed by atoms with van der Waals surface area (Å²) in [6, 6.07) is 0. The molecule has 0 heterocycles. The Kier molecular flexibility index (Phi) is 2.52. The molecular formula is C8H16O. The maximum absolute atomic E-state index is 9.18. The number of aliphatic hydroxyl groups excluding tert-OH is 1. The Morgan fingerprint density at radius 2 is 1.78 bits per heavy atom. The fourth-order valence-corrected chi connectivity index (χ4v) is 1.62. The van der Waals surface area contributed by atoms with Gasteiger partial charge in [-0.2, -0.15) is 0 Å². The Balaban J connectivity index is 2.23. The third kappa shape index (κ3) is 1.98.